The van der Waals surface area contributed by atoms with Crippen LogP contribution in [0.5, 0.6) is 11.5 Å². The van der Waals surface area contributed by atoms with Crippen LogP contribution in [0.2, 0.25) is 0 Å². The third-order valence-corrected chi connectivity index (χ3v) is 3.95. The molecule has 1 saturated heterocycles. The molecular weight excluding hydrogens is 266 g/mol. The summed E-state index contributed by atoms with van der Waals surface area (Å²) in [6, 6.07) is 6.10. The van der Waals surface area contributed by atoms with E-state index in [9.17, 15) is 4.79 Å². The van der Waals surface area contributed by atoms with Gasteiger partial charge in [0.05, 0.1) is 20.3 Å². The SMILES string of the molecule is COc1ccc(C2CCCN2C(=O)CC(C)C)cc1OC. The van der Waals surface area contributed by atoms with Crippen LogP contribution in [0.3, 0.4) is 0 Å². The molecule has 1 amide bonds. The van der Waals surface area contributed by atoms with Crippen LogP contribution in [0.25, 0.3) is 0 Å². The van der Waals surface area contributed by atoms with E-state index in [0.717, 1.165) is 36.4 Å². The number of ether oxygens (including phenoxy) is 2. The summed E-state index contributed by atoms with van der Waals surface area (Å²) in [4.78, 5) is 14.4. The zero-order valence-electron chi connectivity index (χ0n) is 13.4. The molecule has 4 heteroatoms. The maximum atomic E-state index is 12.4. The highest BCUT2D eigenvalue weighted by Crippen LogP contribution is 2.37. The van der Waals surface area contributed by atoms with E-state index in [4.69, 9.17) is 9.47 Å². The molecule has 1 aromatic rings. The van der Waals surface area contributed by atoms with Crippen molar-refractivity contribution in [3.05, 3.63) is 23.8 Å². The van der Waals surface area contributed by atoms with E-state index in [0.29, 0.717) is 12.3 Å². The molecular formula is C17H25NO3. The van der Waals surface area contributed by atoms with Crippen molar-refractivity contribution < 1.29 is 14.3 Å². The summed E-state index contributed by atoms with van der Waals surface area (Å²) in [7, 11) is 3.27. The number of hydrogen-bond acceptors (Lipinski definition) is 3. The molecule has 0 aromatic heterocycles. The van der Waals surface area contributed by atoms with Crippen molar-refractivity contribution in [1.82, 2.24) is 4.90 Å². The molecule has 1 aromatic carbocycles. The summed E-state index contributed by atoms with van der Waals surface area (Å²) in [5, 5.41) is 0. The molecule has 2 rings (SSSR count). The minimum Gasteiger partial charge on any atom is -0.493 e. The molecule has 116 valence electrons. The first kappa shape index (κ1) is 15.7. The number of methoxy groups -OCH3 is 2. The van der Waals surface area contributed by atoms with Crippen LogP contribution in [0.15, 0.2) is 18.2 Å². The van der Waals surface area contributed by atoms with Gasteiger partial charge >= 0.3 is 0 Å². The summed E-state index contributed by atoms with van der Waals surface area (Å²) in [6.45, 7) is 5.02. The van der Waals surface area contributed by atoms with Gasteiger partial charge in [-0.05, 0) is 36.5 Å². The van der Waals surface area contributed by atoms with Gasteiger partial charge in [0.15, 0.2) is 11.5 Å². The number of rotatable bonds is 5. The van der Waals surface area contributed by atoms with Crippen LogP contribution in [0.4, 0.5) is 0 Å². The largest absolute Gasteiger partial charge is 0.493 e. The number of amides is 1. The first-order valence-corrected chi connectivity index (χ1v) is 7.58. The average molecular weight is 291 g/mol. The molecule has 4 nitrogen and oxygen atoms in total. The van der Waals surface area contributed by atoms with Crippen molar-refractivity contribution in [2.24, 2.45) is 5.92 Å². The number of carbonyl (C=O) groups is 1. The van der Waals surface area contributed by atoms with E-state index in [1.54, 1.807) is 14.2 Å². The highest BCUT2D eigenvalue weighted by Gasteiger charge is 2.30. The van der Waals surface area contributed by atoms with Crippen LogP contribution in [-0.2, 0) is 4.79 Å². The Morgan fingerprint density at radius 2 is 2.00 bits per heavy atom. The molecule has 0 N–H and O–H groups in total. The van der Waals surface area contributed by atoms with Crippen molar-refractivity contribution in [1.29, 1.82) is 0 Å². The van der Waals surface area contributed by atoms with Crippen LogP contribution < -0.4 is 9.47 Å². The maximum Gasteiger partial charge on any atom is 0.223 e. The number of nitrogens with zero attached hydrogens (tertiary/aromatic N) is 1. The van der Waals surface area contributed by atoms with Gasteiger partial charge in [-0.25, -0.2) is 0 Å². The van der Waals surface area contributed by atoms with Gasteiger partial charge in [-0.15, -0.1) is 0 Å². The van der Waals surface area contributed by atoms with Gasteiger partial charge in [0.2, 0.25) is 5.91 Å². The highest BCUT2D eigenvalue weighted by atomic mass is 16.5. The Hall–Kier alpha value is -1.71. The van der Waals surface area contributed by atoms with Crippen LogP contribution >= 0.6 is 0 Å². The maximum absolute atomic E-state index is 12.4. The standard InChI is InChI=1S/C17H25NO3/c1-12(2)10-17(19)18-9-5-6-14(18)13-7-8-15(20-3)16(11-13)21-4/h7-8,11-12,14H,5-6,9-10H2,1-4H3. The number of hydrogen-bond donors (Lipinski definition) is 0. The third-order valence-electron chi connectivity index (χ3n) is 3.95. The van der Waals surface area contributed by atoms with Crippen LogP contribution in [0, 0.1) is 5.92 Å². The van der Waals surface area contributed by atoms with E-state index in [1.807, 2.05) is 23.1 Å². The quantitative estimate of drug-likeness (QED) is 0.834. The van der Waals surface area contributed by atoms with Gasteiger partial charge in [0, 0.05) is 13.0 Å². The Bertz CT molecular complexity index is 499. The fourth-order valence-corrected chi connectivity index (χ4v) is 2.94. The molecule has 0 radical (unpaired) electrons. The average Bonchev–Trinajstić information content (AvgIpc) is 2.95. The Labute approximate surface area is 127 Å². The van der Waals surface area contributed by atoms with Gasteiger partial charge in [-0.1, -0.05) is 19.9 Å². The monoisotopic (exact) mass is 291 g/mol. The first-order chi connectivity index (χ1) is 10.1. The second kappa shape index (κ2) is 6.83. The Morgan fingerprint density at radius 3 is 2.62 bits per heavy atom. The summed E-state index contributed by atoms with van der Waals surface area (Å²) in [5.74, 6) is 2.09. The summed E-state index contributed by atoms with van der Waals surface area (Å²) >= 11 is 0. The van der Waals surface area contributed by atoms with Gasteiger partial charge < -0.3 is 14.4 Å². The number of likely N-dealkylation sites (tertiary alicyclic amines) is 1. The predicted molar refractivity (Wildman–Crippen MR) is 82.7 cm³/mol. The molecule has 1 unspecified atom stereocenters. The van der Waals surface area contributed by atoms with Crippen molar-refractivity contribution in [3.8, 4) is 11.5 Å². The molecule has 0 bridgehead atoms. The lowest BCUT2D eigenvalue weighted by molar-refractivity contribution is -0.132. The van der Waals surface area contributed by atoms with Gasteiger partial charge in [0.25, 0.3) is 0 Å². The van der Waals surface area contributed by atoms with Crippen LogP contribution in [0.1, 0.15) is 44.7 Å². The zero-order chi connectivity index (χ0) is 15.4. The van der Waals surface area contributed by atoms with Gasteiger partial charge in [-0.3, -0.25) is 4.79 Å². The summed E-state index contributed by atoms with van der Waals surface area (Å²) in [5.41, 5.74) is 1.13. The predicted octanol–water partition coefficient (Wildman–Crippen LogP) is 3.41. The van der Waals surface area contributed by atoms with Crippen molar-refractivity contribution >= 4 is 5.91 Å². The number of carbonyl (C=O) groups excluding carboxylic acids is 1. The lowest BCUT2D eigenvalue weighted by Crippen LogP contribution is -2.31. The van der Waals surface area contributed by atoms with E-state index in [1.165, 1.54) is 0 Å². The van der Waals surface area contributed by atoms with Crippen LogP contribution in [-0.4, -0.2) is 31.6 Å². The van der Waals surface area contributed by atoms with E-state index < -0.39 is 0 Å². The Balaban J connectivity index is 2.21. The molecule has 1 aliphatic rings. The minimum atomic E-state index is 0.163. The summed E-state index contributed by atoms with van der Waals surface area (Å²) < 4.78 is 10.6. The molecule has 21 heavy (non-hydrogen) atoms. The summed E-state index contributed by atoms with van der Waals surface area (Å²) in [6.07, 6.45) is 2.69. The first-order valence-electron chi connectivity index (χ1n) is 7.58. The molecule has 1 fully saturated rings. The Kier molecular flexibility index (Phi) is 5.10. The second-order valence-corrected chi connectivity index (χ2v) is 5.96. The smallest absolute Gasteiger partial charge is 0.223 e. The van der Waals surface area contributed by atoms with Gasteiger partial charge in [-0.2, -0.15) is 0 Å². The molecule has 1 heterocycles. The third kappa shape index (κ3) is 3.49. The van der Waals surface area contributed by atoms with Crippen molar-refractivity contribution in [2.45, 2.75) is 39.2 Å². The zero-order valence-corrected chi connectivity index (χ0v) is 13.4. The molecule has 1 atom stereocenters. The van der Waals surface area contributed by atoms with E-state index >= 15 is 0 Å². The molecule has 0 saturated carbocycles. The molecule has 0 aliphatic carbocycles. The molecule has 1 aliphatic heterocycles. The highest BCUT2D eigenvalue weighted by molar-refractivity contribution is 5.77. The Morgan fingerprint density at radius 1 is 1.29 bits per heavy atom. The van der Waals surface area contributed by atoms with Crippen molar-refractivity contribution in [2.75, 3.05) is 20.8 Å². The van der Waals surface area contributed by atoms with Gasteiger partial charge in [0.1, 0.15) is 0 Å². The second-order valence-electron chi connectivity index (χ2n) is 5.96. The minimum absolute atomic E-state index is 0.163. The normalized spacial score (nSPS) is 18.1. The van der Waals surface area contributed by atoms with Crippen molar-refractivity contribution in [3.63, 3.8) is 0 Å². The van der Waals surface area contributed by atoms with E-state index in [-0.39, 0.29) is 11.9 Å². The fraction of sp³-hybridized carbons (Fsp3) is 0.588. The fourth-order valence-electron chi connectivity index (χ4n) is 2.94. The lowest BCUT2D eigenvalue weighted by atomic mass is 10.0. The topological polar surface area (TPSA) is 38.8 Å². The number of benzene rings is 1. The molecule has 0 spiro atoms. The lowest BCUT2D eigenvalue weighted by Gasteiger charge is -2.26. The van der Waals surface area contributed by atoms with E-state index in [2.05, 4.69) is 13.8 Å².